The Morgan fingerprint density at radius 1 is 1.24 bits per heavy atom. The lowest BCUT2D eigenvalue weighted by Crippen LogP contribution is -2.05. The number of hydrogen-bond acceptors (Lipinski definition) is 6. The van der Waals surface area contributed by atoms with Crippen molar-refractivity contribution in [1.82, 2.24) is 29.1 Å². The molecule has 0 fully saturated rings. The number of alkyl halides is 3. The topological polar surface area (TPSA) is 84.7 Å². The van der Waals surface area contributed by atoms with E-state index in [0.29, 0.717) is 33.4 Å². The van der Waals surface area contributed by atoms with Gasteiger partial charge in [0.1, 0.15) is 16.4 Å². The molecule has 7 nitrogen and oxygen atoms in total. The number of thioether (sulfide) groups is 1. The van der Waals surface area contributed by atoms with Crippen molar-refractivity contribution in [3.05, 3.63) is 35.8 Å². The van der Waals surface area contributed by atoms with Crippen molar-refractivity contribution in [2.24, 2.45) is 7.05 Å². The van der Waals surface area contributed by atoms with Crippen molar-refractivity contribution in [3.63, 3.8) is 0 Å². The number of nitrogens with zero attached hydrogens (tertiary/aromatic N) is 7. The van der Waals surface area contributed by atoms with Crippen LogP contribution in [0.5, 0.6) is 0 Å². The molecule has 4 heterocycles. The number of hydrogen-bond donors (Lipinski definition) is 0. The minimum absolute atomic E-state index is 0.136. The number of rotatable bonds is 4. The third kappa shape index (κ3) is 3.19. The van der Waals surface area contributed by atoms with Crippen LogP contribution in [-0.4, -0.2) is 34.9 Å². The first-order valence-electron chi connectivity index (χ1n) is 8.61. The lowest BCUT2D eigenvalue weighted by molar-refractivity contribution is -0.137. The monoisotopic (exact) mass is 417 g/mol. The third-order valence-electron chi connectivity index (χ3n) is 4.37. The molecule has 148 valence electrons. The van der Waals surface area contributed by atoms with Crippen molar-refractivity contribution >= 4 is 28.6 Å². The van der Waals surface area contributed by atoms with E-state index in [1.54, 1.807) is 28.4 Å². The Balaban J connectivity index is 2.00. The molecule has 0 saturated carbocycles. The minimum Gasteiger partial charge on any atom is -0.312 e. The zero-order chi connectivity index (χ0) is 20.8. The van der Waals surface area contributed by atoms with Crippen molar-refractivity contribution in [1.29, 1.82) is 5.26 Å². The van der Waals surface area contributed by atoms with Gasteiger partial charge in [0, 0.05) is 19.4 Å². The summed E-state index contributed by atoms with van der Waals surface area (Å²) in [5, 5.41) is 14.3. The van der Waals surface area contributed by atoms with Gasteiger partial charge in [-0.15, -0.1) is 11.8 Å². The standard InChI is InChI=1S/C18H14F3N7S/c1-3-29-17-13(15-23-7-5-11(4-6-22)28(15)26-17)16-25-12-8-10(18(19,20)21)9-24-14(12)27(16)2/h5,7-9H,3-4H2,1-2H3. The number of halogens is 3. The van der Waals surface area contributed by atoms with Crippen molar-refractivity contribution in [2.75, 3.05) is 5.75 Å². The Kier molecular flexibility index (Phi) is 4.66. The molecule has 11 heteroatoms. The molecule has 29 heavy (non-hydrogen) atoms. The van der Waals surface area contributed by atoms with Crippen LogP contribution in [0.3, 0.4) is 0 Å². The third-order valence-corrected chi connectivity index (χ3v) is 5.21. The van der Waals surface area contributed by atoms with Crippen LogP contribution in [0.25, 0.3) is 28.2 Å². The van der Waals surface area contributed by atoms with Crippen LogP contribution >= 0.6 is 11.8 Å². The zero-order valence-corrected chi connectivity index (χ0v) is 16.2. The van der Waals surface area contributed by atoms with Gasteiger partial charge in [0.25, 0.3) is 0 Å². The van der Waals surface area contributed by atoms with Gasteiger partial charge in [-0.3, -0.25) is 0 Å². The van der Waals surface area contributed by atoms with E-state index in [-0.39, 0.29) is 11.9 Å². The van der Waals surface area contributed by atoms with Crippen LogP contribution in [0, 0.1) is 11.3 Å². The van der Waals surface area contributed by atoms with E-state index >= 15 is 0 Å². The first kappa shape index (κ1) is 19.2. The maximum atomic E-state index is 13.1. The SMILES string of the molecule is CCSc1nn2c(CC#N)ccnc2c1-c1nc2cc(C(F)(F)F)cnc2n1C. The average molecular weight is 417 g/mol. The Morgan fingerprint density at radius 2 is 2.03 bits per heavy atom. The Labute approximate surface area is 167 Å². The van der Waals surface area contributed by atoms with Crippen LogP contribution in [0.15, 0.2) is 29.6 Å². The molecular weight excluding hydrogens is 403 g/mol. The number of aromatic nitrogens is 6. The van der Waals surface area contributed by atoms with Gasteiger partial charge in [0.05, 0.1) is 29.3 Å². The van der Waals surface area contributed by atoms with Gasteiger partial charge in [0.2, 0.25) is 0 Å². The number of fused-ring (bicyclic) bond motifs is 2. The summed E-state index contributed by atoms with van der Waals surface area (Å²) in [7, 11) is 1.69. The molecule has 0 unspecified atom stereocenters. The fraction of sp³-hybridized carbons (Fsp3) is 0.278. The van der Waals surface area contributed by atoms with E-state index in [4.69, 9.17) is 5.26 Å². The van der Waals surface area contributed by atoms with E-state index < -0.39 is 11.7 Å². The molecule has 0 aromatic carbocycles. The number of aryl methyl sites for hydroxylation is 1. The smallest absolute Gasteiger partial charge is 0.312 e. The molecule has 0 spiro atoms. The summed E-state index contributed by atoms with van der Waals surface area (Å²) >= 11 is 1.47. The van der Waals surface area contributed by atoms with E-state index in [0.717, 1.165) is 18.0 Å². The fourth-order valence-electron chi connectivity index (χ4n) is 3.08. The van der Waals surface area contributed by atoms with Gasteiger partial charge in [-0.1, -0.05) is 6.92 Å². The second kappa shape index (κ2) is 7.04. The maximum absolute atomic E-state index is 13.1. The second-order valence-corrected chi connectivity index (χ2v) is 7.43. The van der Waals surface area contributed by atoms with Crippen LogP contribution in [0.1, 0.15) is 18.2 Å². The minimum atomic E-state index is -4.50. The summed E-state index contributed by atoms with van der Waals surface area (Å²) in [6.07, 6.45) is -1.97. The molecule has 0 saturated heterocycles. The summed E-state index contributed by atoms with van der Waals surface area (Å²) < 4.78 is 42.4. The second-order valence-electron chi connectivity index (χ2n) is 6.18. The van der Waals surface area contributed by atoms with Crippen LogP contribution in [0.2, 0.25) is 0 Å². The molecule has 0 amide bonds. The molecule has 0 aliphatic heterocycles. The van der Waals surface area contributed by atoms with Gasteiger partial charge < -0.3 is 4.57 Å². The van der Waals surface area contributed by atoms with E-state index in [1.807, 2.05) is 6.92 Å². The Hall–Kier alpha value is -3.13. The van der Waals surface area contributed by atoms with Gasteiger partial charge in [-0.25, -0.2) is 19.5 Å². The molecule has 0 aliphatic rings. The lowest BCUT2D eigenvalue weighted by Gasteiger charge is -2.05. The van der Waals surface area contributed by atoms with Gasteiger partial charge >= 0.3 is 6.18 Å². The Bertz CT molecular complexity index is 1270. The van der Waals surface area contributed by atoms with Crippen LogP contribution < -0.4 is 0 Å². The largest absolute Gasteiger partial charge is 0.417 e. The fourth-order valence-corrected chi connectivity index (χ4v) is 3.82. The first-order chi connectivity index (χ1) is 13.8. The predicted octanol–water partition coefficient (Wildman–Crippen LogP) is 3.87. The summed E-state index contributed by atoms with van der Waals surface area (Å²) in [5.41, 5.74) is 1.36. The van der Waals surface area contributed by atoms with Crippen molar-refractivity contribution in [2.45, 2.75) is 24.5 Å². The lowest BCUT2D eigenvalue weighted by atomic mass is 10.2. The molecule has 4 rings (SSSR count). The summed E-state index contributed by atoms with van der Waals surface area (Å²) in [6, 6.07) is 4.79. The highest BCUT2D eigenvalue weighted by atomic mass is 32.2. The van der Waals surface area contributed by atoms with Gasteiger partial charge in [-0.2, -0.15) is 23.5 Å². The average Bonchev–Trinajstić information content (AvgIpc) is 3.19. The molecule has 4 aromatic heterocycles. The maximum Gasteiger partial charge on any atom is 0.417 e. The number of nitriles is 1. The molecule has 0 aliphatic carbocycles. The first-order valence-corrected chi connectivity index (χ1v) is 9.60. The number of imidazole rings is 1. The van der Waals surface area contributed by atoms with Crippen molar-refractivity contribution in [3.8, 4) is 17.5 Å². The summed E-state index contributed by atoms with van der Waals surface area (Å²) in [4.78, 5) is 12.8. The highest BCUT2D eigenvalue weighted by Gasteiger charge is 2.32. The predicted molar refractivity (Wildman–Crippen MR) is 101 cm³/mol. The summed E-state index contributed by atoms with van der Waals surface area (Å²) in [5.74, 6) is 1.14. The molecular formula is C18H14F3N7S. The molecule has 0 bridgehead atoms. The van der Waals surface area contributed by atoms with Gasteiger partial charge in [-0.05, 0) is 17.9 Å². The number of pyridine rings is 1. The molecule has 0 atom stereocenters. The molecule has 0 N–H and O–H groups in total. The van der Waals surface area contributed by atoms with Crippen molar-refractivity contribution < 1.29 is 13.2 Å². The zero-order valence-electron chi connectivity index (χ0n) is 15.4. The van der Waals surface area contributed by atoms with Crippen LogP contribution in [0.4, 0.5) is 13.2 Å². The molecule has 4 aromatic rings. The highest BCUT2D eigenvalue weighted by Crippen LogP contribution is 2.36. The highest BCUT2D eigenvalue weighted by molar-refractivity contribution is 7.99. The van der Waals surface area contributed by atoms with E-state index in [1.165, 1.54) is 11.8 Å². The van der Waals surface area contributed by atoms with E-state index in [9.17, 15) is 13.2 Å². The van der Waals surface area contributed by atoms with E-state index in [2.05, 4.69) is 26.1 Å². The normalized spacial score (nSPS) is 12.0. The van der Waals surface area contributed by atoms with Crippen LogP contribution in [-0.2, 0) is 19.6 Å². The molecule has 0 radical (unpaired) electrons. The Morgan fingerprint density at radius 3 is 2.72 bits per heavy atom. The quantitative estimate of drug-likeness (QED) is 0.469. The van der Waals surface area contributed by atoms with Gasteiger partial charge in [0.15, 0.2) is 11.3 Å². The summed E-state index contributed by atoms with van der Waals surface area (Å²) in [6.45, 7) is 1.97.